The third-order valence-electron chi connectivity index (χ3n) is 4.14. The van der Waals surface area contributed by atoms with Crippen LogP contribution in [0.3, 0.4) is 0 Å². The maximum absolute atomic E-state index is 12.3. The van der Waals surface area contributed by atoms with Crippen molar-refractivity contribution in [3.63, 3.8) is 0 Å². The second-order valence-electron chi connectivity index (χ2n) is 7.57. The lowest BCUT2D eigenvalue weighted by Gasteiger charge is -2.34. The molecule has 1 amide bonds. The highest BCUT2D eigenvalue weighted by atomic mass is 16.2. The lowest BCUT2D eigenvalue weighted by molar-refractivity contribution is -0.134. The number of carbonyl (C=O) groups is 1. The molecule has 0 aromatic heterocycles. The molecule has 1 fully saturated rings. The predicted octanol–water partition coefficient (Wildman–Crippen LogP) is 3.59. The van der Waals surface area contributed by atoms with Crippen molar-refractivity contribution in [3.05, 3.63) is 29.8 Å². The SMILES string of the molecule is CC(C)(C)CC(=O)N1CCC(Nc2ccc(CC#N)cc2)CC1. The first-order valence-corrected chi connectivity index (χ1v) is 8.37. The van der Waals surface area contributed by atoms with Gasteiger partial charge >= 0.3 is 0 Å². The Labute approximate surface area is 139 Å². The molecule has 4 nitrogen and oxygen atoms in total. The molecular formula is C19H27N3O. The molecule has 1 aromatic carbocycles. The molecule has 1 saturated heterocycles. The first-order chi connectivity index (χ1) is 10.9. The maximum atomic E-state index is 12.3. The smallest absolute Gasteiger partial charge is 0.223 e. The van der Waals surface area contributed by atoms with Crippen LogP contribution in [0.4, 0.5) is 5.69 Å². The van der Waals surface area contributed by atoms with Gasteiger partial charge < -0.3 is 10.2 Å². The minimum absolute atomic E-state index is 0.0529. The number of nitriles is 1. The van der Waals surface area contributed by atoms with Gasteiger partial charge in [-0.05, 0) is 36.0 Å². The van der Waals surface area contributed by atoms with Crippen molar-refractivity contribution in [2.75, 3.05) is 18.4 Å². The summed E-state index contributed by atoms with van der Waals surface area (Å²) in [6.07, 6.45) is 3.03. The van der Waals surface area contributed by atoms with Crippen LogP contribution in [-0.4, -0.2) is 29.9 Å². The Morgan fingerprint density at radius 1 is 1.26 bits per heavy atom. The quantitative estimate of drug-likeness (QED) is 0.924. The Bertz CT molecular complexity index is 558. The summed E-state index contributed by atoms with van der Waals surface area (Å²) >= 11 is 0. The van der Waals surface area contributed by atoms with E-state index in [0.717, 1.165) is 37.2 Å². The molecule has 0 atom stereocenters. The van der Waals surface area contributed by atoms with Gasteiger partial charge in [-0.3, -0.25) is 4.79 Å². The Morgan fingerprint density at radius 2 is 1.87 bits per heavy atom. The number of carbonyl (C=O) groups excluding carboxylic acids is 1. The van der Waals surface area contributed by atoms with Crippen molar-refractivity contribution < 1.29 is 4.79 Å². The first kappa shape index (κ1) is 17.3. The van der Waals surface area contributed by atoms with Gasteiger partial charge in [0.25, 0.3) is 0 Å². The van der Waals surface area contributed by atoms with Gasteiger partial charge in [0, 0.05) is 31.2 Å². The Balaban J connectivity index is 1.80. The molecule has 1 heterocycles. The van der Waals surface area contributed by atoms with Crippen molar-refractivity contribution >= 4 is 11.6 Å². The minimum Gasteiger partial charge on any atom is -0.382 e. The normalized spacial score (nSPS) is 16.0. The predicted molar refractivity (Wildman–Crippen MR) is 93.1 cm³/mol. The fraction of sp³-hybridized carbons (Fsp3) is 0.579. The fourth-order valence-electron chi connectivity index (χ4n) is 2.88. The van der Waals surface area contributed by atoms with Crippen molar-refractivity contribution in [2.24, 2.45) is 5.41 Å². The van der Waals surface area contributed by atoms with Crippen LogP contribution in [-0.2, 0) is 11.2 Å². The molecular weight excluding hydrogens is 286 g/mol. The van der Waals surface area contributed by atoms with Crippen LogP contribution in [0.15, 0.2) is 24.3 Å². The highest BCUT2D eigenvalue weighted by Gasteiger charge is 2.25. The van der Waals surface area contributed by atoms with Gasteiger partial charge in [0.2, 0.25) is 5.91 Å². The number of anilines is 1. The van der Waals surface area contributed by atoms with E-state index >= 15 is 0 Å². The summed E-state index contributed by atoms with van der Waals surface area (Å²) in [7, 11) is 0. The number of nitrogens with one attached hydrogen (secondary N) is 1. The van der Waals surface area contributed by atoms with Gasteiger partial charge in [0.1, 0.15) is 0 Å². The molecule has 0 unspecified atom stereocenters. The van der Waals surface area contributed by atoms with E-state index in [2.05, 4.69) is 32.2 Å². The van der Waals surface area contributed by atoms with Crippen molar-refractivity contribution in [1.29, 1.82) is 5.26 Å². The van der Waals surface area contributed by atoms with Crippen molar-refractivity contribution in [2.45, 2.75) is 52.5 Å². The molecule has 1 aliphatic rings. The molecule has 0 bridgehead atoms. The maximum Gasteiger partial charge on any atom is 0.223 e. The second kappa shape index (κ2) is 7.50. The molecule has 0 spiro atoms. The van der Waals surface area contributed by atoms with Crippen LogP contribution in [0, 0.1) is 16.7 Å². The molecule has 1 aromatic rings. The second-order valence-corrected chi connectivity index (χ2v) is 7.57. The topological polar surface area (TPSA) is 56.1 Å². The average molecular weight is 313 g/mol. The lowest BCUT2D eigenvalue weighted by Crippen LogP contribution is -2.43. The number of benzene rings is 1. The first-order valence-electron chi connectivity index (χ1n) is 8.37. The summed E-state index contributed by atoms with van der Waals surface area (Å²) in [5.41, 5.74) is 2.18. The van der Waals surface area contributed by atoms with E-state index in [1.807, 2.05) is 29.2 Å². The Morgan fingerprint density at radius 3 is 2.39 bits per heavy atom. The number of amides is 1. The van der Waals surface area contributed by atoms with Crippen molar-refractivity contribution in [1.82, 2.24) is 4.90 Å². The molecule has 23 heavy (non-hydrogen) atoms. The van der Waals surface area contributed by atoms with Crippen LogP contribution in [0.1, 0.15) is 45.6 Å². The number of hydrogen-bond acceptors (Lipinski definition) is 3. The highest BCUT2D eigenvalue weighted by Crippen LogP contribution is 2.23. The van der Waals surface area contributed by atoms with E-state index < -0.39 is 0 Å². The van der Waals surface area contributed by atoms with Crippen LogP contribution < -0.4 is 5.32 Å². The third-order valence-corrected chi connectivity index (χ3v) is 4.14. The molecule has 1 aliphatic heterocycles. The van der Waals surface area contributed by atoms with Crippen LogP contribution in [0.5, 0.6) is 0 Å². The summed E-state index contributed by atoms with van der Waals surface area (Å²) in [5, 5.41) is 12.2. The van der Waals surface area contributed by atoms with Gasteiger partial charge in [-0.15, -0.1) is 0 Å². The van der Waals surface area contributed by atoms with Gasteiger partial charge in [-0.2, -0.15) is 5.26 Å². The standard InChI is InChI=1S/C19H27N3O/c1-19(2,3)14-18(23)22-12-9-17(10-13-22)21-16-6-4-15(5-7-16)8-11-20/h4-7,17,21H,8-10,12-14H2,1-3H3. The molecule has 124 valence electrons. The largest absolute Gasteiger partial charge is 0.382 e. The zero-order valence-corrected chi connectivity index (χ0v) is 14.4. The Hall–Kier alpha value is -2.02. The van der Waals surface area contributed by atoms with E-state index in [9.17, 15) is 4.79 Å². The average Bonchev–Trinajstić information content (AvgIpc) is 2.48. The van der Waals surface area contributed by atoms with Gasteiger partial charge in [0.15, 0.2) is 0 Å². The van der Waals surface area contributed by atoms with E-state index in [4.69, 9.17) is 5.26 Å². The summed E-state index contributed by atoms with van der Waals surface area (Å²) in [6, 6.07) is 10.6. The van der Waals surface area contributed by atoms with E-state index in [-0.39, 0.29) is 11.3 Å². The van der Waals surface area contributed by atoms with Crippen LogP contribution in [0.2, 0.25) is 0 Å². The highest BCUT2D eigenvalue weighted by molar-refractivity contribution is 5.76. The zero-order valence-electron chi connectivity index (χ0n) is 14.4. The minimum atomic E-state index is 0.0529. The van der Waals surface area contributed by atoms with E-state index in [0.29, 0.717) is 18.9 Å². The van der Waals surface area contributed by atoms with Gasteiger partial charge in [0.05, 0.1) is 12.5 Å². The number of nitrogens with zero attached hydrogens (tertiary/aromatic N) is 2. The van der Waals surface area contributed by atoms with E-state index in [1.54, 1.807) is 0 Å². The summed E-state index contributed by atoms with van der Waals surface area (Å²) in [5.74, 6) is 0.275. The van der Waals surface area contributed by atoms with Gasteiger partial charge in [-0.1, -0.05) is 32.9 Å². The fourth-order valence-corrected chi connectivity index (χ4v) is 2.88. The molecule has 0 saturated carbocycles. The van der Waals surface area contributed by atoms with Gasteiger partial charge in [-0.25, -0.2) is 0 Å². The molecule has 0 aliphatic carbocycles. The Kier molecular flexibility index (Phi) is 5.65. The van der Waals surface area contributed by atoms with Crippen LogP contribution in [0.25, 0.3) is 0 Å². The summed E-state index contributed by atoms with van der Waals surface area (Å²) < 4.78 is 0. The number of piperidine rings is 1. The summed E-state index contributed by atoms with van der Waals surface area (Å²) in [4.78, 5) is 14.3. The molecule has 1 N–H and O–H groups in total. The molecule has 0 radical (unpaired) electrons. The molecule has 2 rings (SSSR count). The number of likely N-dealkylation sites (tertiary alicyclic amines) is 1. The molecule has 4 heteroatoms. The summed E-state index contributed by atoms with van der Waals surface area (Å²) in [6.45, 7) is 7.98. The lowest BCUT2D eigenvalue weighted by atomic mass is 9.91. The van der Waals surface area contributed by atoms with Crippen molar-refractivity contribution in [3.8, 4) is 6.07 Å². The third kappa shape index (κ3) is 5.59. The zero-order chi connectivity index (χ0) is 16.9. The van der Waals surface area contributed by atoms with E-state index in [1.165, 1.54) is 0 Å². The number of rotatable bonds is 4. The monoisotopic (exact) mass is 313 g/mol. The van der Waals surface area contributed by atoms with Crippen LogP contribution >= 0.6 is 0 Å². The number of hydrogen-bond donors (Lipinski definition) is 1.